The van der Waals surface area contributed by atoms with Gasteiger partial charge in [0.2, 0.25) is 21.8 Å². The molecule has 0 aliphatic rings. The molecule has 1 N–H and O–H groups in total. The molecule has 11 heteroatoms. The molecule has 2 amide bonds. The van der Waals surface area contributed by atoms with Crippen molar-refractivity contribution in [1.29, 1.82) is 0 Å². The predicted molar refractivity (Wildman–Crippen MR) is 167 cm³/mol. The number of rotatable bonds is 13. The van der Waals surface area contributed by atoms with E-state index in [1.807, 2.05) is 37.3 Å². The van der Waals surface area contributed by atoms with Crippen molar-refractivity contribution in [3.8, 4) is 0 Å². The number of nitrogens with zero attached hydrogens (tertiary/aromatic N) is 2. The van der Waals surface area contributed by atoms with E-state index >= 15 is 0 Å². The summed E-state index contributed by atoms with van der Waals surface area (Å²) < 4.78 is 26.7. The normalized spacial score (nSPS) is 12.0. The smallest absolute Gasteiger partial charge is 0.243 e. The van der Waals surface area contributed by atoms with Gasteiger partial charge in [-0.2, -0.15) is 0 Å². The first-order valence-corrected chi connectivity index (χ1v) is 16.2. The van der Waals surface area contributed by atoms with Gasteiger partial charge in [0, 0.05) is 53.1 Å². The standard InChI is InChI=1S/C30H34Cl3N3O4S/c1-4-34-30(38)28(19-22-11-6-5-7-12-22)35(20-23-25(32)14-8-15-26(23)33)29(37)17-10-18-36(41(3,39)40)27-16-9-13-24(31)21(27)2/h5-9,11-16,28H,4,10,17-20H2,1-3H3,(H,34,38)/t28-/m0/s1. The molecule has 0 heterocycles. The van der Waals surface area contributed by atoms with Crippen LogP contribution in [0.2, 0.25) is 15.1 Å². The Kier molecular flexibility index (Phi) is 11.9. The van der Waals surface area contributed by atoms with Crippen molar-refractivity contribution in [3.05, 3.63) is 98.5 Å². The van der Waals surface area contributed by atoms with Crippen molar-refractivity contribution >= 4 is 62.3 Å². The molecule has 3 aromatic carbocycles. The summed E-state index contributed by atoms with van der Waals surface area (Å²) in [6, 6.07) is 18.7. The molecule has 1 atom stereocenters. The third kappa shape index (κ3) is 8.85. The molecule has 0 fully saturated rings. The predicted octanol–water partition coefficient (Wildman–Crippen LogP) is 6.28. The quantitative estimate of drug-likeness (QED) is 0.239. The lowest BCUT2D eigenvalue weighted by molar-refractivity contribution is -0.141. The monoisotopic (exact) mass is 637 g/mol. The van der Waals surface area contributed by atoms with Gasteiger partial charge in [-0.05, 0) is 55.7 Å². The number of anilines is 1. The average molecular weight is 639 g/mol. The van der Waals surface area contributed by atoms with Crippen LogP contribution in [-0.2, 0) is 32.6 Å². The fourth-order valence-electron chi connectivity index (χ4n) is 4.55. The maximum absolute atomic E-state index is 13.9. The van der Waals surface area contributed by atoms with E-state index in [4.69, 9.17) is 34.8 Å². The number of sulfonamides is 1. The van der Waals surface area contributed by atoms with E-state index in [1.54, 1.807) is 43.3 Å². The second-order valence-electron chi connectivity index (χ2n) is 9.64. The van der Waals surface area contributed by atoms with Crippen LogP contribution in [0, 0.1) is 6.92 Å². The maximum Gasteiger partial charge on any atom is 0.243 e. The highest BCUT2D eigenvalue weighted by Gasteiger charge is 2.31. The van der Waals surface area contributed by atoms with Crippen molar-refractivity contribution in [2.45, 2.75) is 45.7 Å². The zero-order chi connectivity index (χ0) is 30.2. The summed E-state index contributed by atoms with van der Waals surface area (Å²) in [5, 5.41) is 4.05. The zero-order valence-electron chi connectivity index (χ0n) is 23.2. The summed E-state index contributed by atoms with van der Waals surface area (Å²) in [7, 11) is -3.66. The molecule has 0 aliphatic carbocycles. The zero-order valence-corrected chi connectivity index (χ0v) is 26.3. The fraction of sp³-hybridized carbons (Fsp3) is 0.333. The number of amides is 2. The molecule has 41 heavy (non-hydrogen) atoms. The molecule has 0 radical (unpaired) electrons. The minimum absolute atomic E-state index is 0.00909. The van der Waals surface area contributed by atoms with Crippen LogP contribution in [-0.4, -0.2) is 50.5 Å². The van der Waals surface area contributed by atoms with E-state index < -0.39 is 16.1 Å². The Hall–Kier alpha value is -2.78. The molecule has 3 rings (SSSR count). The molecule has 0 saturated heterocycles. The molecule has 0 saturated carbocycles. The molecule has 0 spiro atoms. The number of halogens is 3. The fourth-order valence-corrected chi connectivity index (χ4v) is 6.25. The van der Waals surface area contributed by atoms with Gasteiger partial charge in [-0.15, -0.1) is 0 Å². The van der Waals surface area contributed by atoms with Crippen LogP contribution in [0.5, 0.6) is 0 Å². The first-order chi connectivity index (χ1) is 19.4. The number of carbonyl (C=O) groups is 2. The molecule has 220 valence electrons. The van der Waals surface area contributed by atoms with Gasteiger partial charge in [0.05, 0.1) is 11.9 Å². The van der Waals surface area contributed by atoms with Crippen LogP contribution in [0.3, 0.4) is 0 Å². The summed E-state index contributed by atoms with van der Waals surface area (Å²) in [5.41, 5.74) is 2.49. The number of carbonyl (C=O) groups excluding carboxylic acids is 2. The lowest BCUT2D eigenvalue weighted by atomic mass is 10.0. The molecule has 0 aliphatic heterocycles. The van der Waals surface area contributed by atoms with E-state index in [0.29, 0.717) is 38.4 Å². The highest BCUT2D eigenvalue weighted by Crippen LogP contribution is 2.30. The number of nitrogens with one attached hydrogen (secondary N) is 1. The van der Waals surface area contributed by atoms with Gasteiger partial charge >= 0.3 is 0 Å². The van der Waals surface area contributed by atoms with E-state index in [2.05, 4.69) is 5.32 Å². The van der Waals surface area contributed by atoms with Gasteiger partial charge in [0.1, 0.15) is 6.04 Å². The number of hydrogen-bond acceptors (Lipinski definition) is 4. The topological polar surface area (TPSA) is 86.8 Å². The molecular weight excluding hydrogens is 605 g/mol. The van der Waals surface area contributed by atoms with Crippen LogP contribution in [0.1, 0.15) is 36.5 Å². The molecule has 0 bridgehead atoms. The van der Waals surface area contributed by atoms with Crippen LogP contribution in [0.15, 0.2) is 66.7 Å². The van der Waals surface area contributed by atoms with E-state index in [-0.39, 0.29) is 44.2 Å². The summed E-state index contributed by atoms with van der Waals surface area (Å²) in [6.45, 7) is 4.01. The second-order valence-corrected chi connectivity index (χ2v) is 12.8. The minimum atomic E-state index is -3.66. The van der Waals surface area contributed by atoms with Crippen molar-refractivity contribution in [3.63, 3.8) is 0 Å². The Morgan fingerprint density at radius 1 is 0.902 bits per heavy atom. The largest absolute Gasteiger partial charge is 0.355 e. The summed E-state index contributed by atoms with van der Waals surface area (Å²) >= 11 is 19.2. The summed E-state index contributed by atoms with van der Waals surface area (Å²) in [5.74, 6) is -0.635. The van der Waals surface area contributed by atoms with Gasteiger partial charge in [-0.1, -0.05) is 77.3 Å². The maximum atomic E-state index is 13.9. The second kappa shape index (κ2) is 14.9. The first-order valence-electron chi connectivity index (χ1n) is 13.2. The Bertz CT molecular complexity index is 1450. The highest BCUT2D eigenvalue weighted by molar-refractivity contribution is 7.92. The molecular formula is C30H34Cl3N3O4S. The minimum Gasteiger partial charge on any atom is -0.355 e. The Morgan fingerprint density at radius 3 is 2.12 bits per heavy atom. The van der Waals surface area contributed by atoms with Gasteiger partial charge in [-0.25, -0.2) is 8.42 Å². The van der Waals surface area contributed by atoms with E-state index in [0.717, 1.165) is 11.8 Å². The first kappa shape index (κ1) is 32.7. The van der Waals surface area contributed by atoms with Crippen LogP contribution in [0.25, 0.3) is 0 Å². The Labute approximate surface area is 257 Å². The third-order valence-corrected chi connectivity index (χ3v) is 8.97. The highest BCUT2D eigenvalue weighted by atomic mass is 35.5. The SMILES string of the molecule is CCNC(=O)[C@H](Cc1ccccc1)N(Cc1c(Cl)cccc1Cl)C(=O)CCCN(c1cccc(Cl)c1C)S(C)(=O)=O. The average Bonchev–Trinajstić information content (AvgIpc) is 2.92. The lowest BCUT2D eigenvalue weighted by Crippen LogP contribution is -2.50. The lowest BCUT2D eigenvalue weighted by Gasteiger charge is -2.32. The third-order valence-electron chi connectivity index (χ3n) is 6.67. The van der Waals surface area contributed by atoms with Crippen molar-refractivity contribution in [2.75, 3.05) is 23.7 Å². The number of hydrogen-bond donors (Lipinski definition) is 1. The van der Waals surface area contributed by atoms with Gasteiger partial charge in [0.25, 0.3) is 0 Å². The van der Waals surface area contributed by atoms with Crippen LogP contribution >= 0.6 is 34.8 Å². The van der Waals surface area contributed by atoms with Crippen molar-refractivity contribution < 1.29 is 18.0 Å². The van der Waals surface area contributed by atoms with E-state index in [1.165, 1.54) is 9.21 Å². The molecule has 3 aromatic rings. The molecule has 7 nitrogen and oxygen atoms in total. The van der Waals surface area contributed by atoms with Crippen molar-refractivity contribution in [2.24, 2.45) is 0 Å². The number of likely N-dealkylation sites (N-methyl/N-ethyl adjacent to an activating group) is 1. The Balaban J connectivity index is 1.92. The molecule has 0 aromatic heterocycles. The summed E-state index contributed by atoms with van der Waals surface area (Å²) in [4.78, 5) is 28.7. The number of benzene rings is 3. The Morgan fingerprint density at radius 2 is 1.51 bits per heavy atom. The molecule has 0 unspecified atom stereocenters. The van der Waals surface area contributed by atoms with Gasteiger partial charge < -0.3 is 10.2 Å². The van der Waals surface area contributed by atoms with Gasteiger partial charge in [-0.3, -0.25) is 13.9 Å². The van der Waals surface area contributed by atoms with Crippen molar-refractivity contribution in [1.82, 2.24) is 10.2 Å². The van der Waals surface area contributed by atoms with Crippen LogP contribution < -0.4 is 9.62 Å². The van der Waals surface area contributed by atoms with E-state index in [9.17, 15) is 18.0 Å². The summed E-state index contributed by atoms with van der Waals surface area (Å²) in [6.07, 6.45) is 1.58. The van der Waals surface area contributed by atoms with Gasteiger partial charge in [0.15, 0.2) is 0 Å². The van der Waals surface area contributed by atoms with Crippen LogP contribution in [0.4, 0.5) is 5.69 Å².